The van der Waals surface area contributed by atoms with Crippen molar-refractivity contribution >= 4 is 11.9 Å². The molecular weight excluding hydrogens is 292 g/mol. The number of rotatable bonds is 3. The zero-order valence-corrected chi connectivity index (χ0v) is 13.3. The van der Waals surface area contributed by atoms with Gasteiger partial charge in [0, 0.05) is 39.0 Å². The van der Waals surface area contributed by atoms with Crippen LogP contribution in [0.15, 0.2) is 42.7 Å². The van der Waals surface area contributed by atoms with Crippen LogP contribution in [-0.4, -0.2) is 47.5 Å². The second-order valence-corrected chi connectivity index (χ2v) is 5.50. The number of carbonyl (C=O) groups excluding carboxylic acids is 1. The fourth-order valence-corrected chi connectivity index (χ4v) is 2.91. The Labute approximate surface area is 135 Å². The second kappa shape index (κ2) is 6.64. The van der Waals surface area contributed by atoms with E-state index in [0.29, 0.717) is 19.0 Å². The number of piperazine rings is 1. The van der Waals surface area contributed by atoms with Gasteiger partial charge in [0.1, 0.15) is 5.75 Å². The number of nitrogens with zero attached hydrogens (tertiary/aromatic N) is 4. The number of amides is 1. The van der Waals surface area contributed by atoms with Crippen LogP contribution in [-0.2, 0) is 4.79 Å². The first-order chi connectivity index (χ1) is 11.2. The summed E-state index contributed by atoms with van der Waals surface area (Å²) in [4.78, 5) is 24.7. The summed E-state index contributed by atoms with van der Waals surface area (Å²) in [6.07, 6.45) is 3.48. The zero-order chi connectivity index (χ0) is 16.2. The Balaban J connectivity index is 1.87. The molecule has 23 heavy (non-hydrogen) atoms. The van der Waals surface area contributed by atoms with Gasteiger partial charge < -0.3 is 14.5 Å². The third kappa shape index (κ3) is 3.26. The maximum absolute atomic E-state index is 12.0. The topological polar surface area (TPSA) is 58.6 Å². The van der Waals surface area contributed by atoms with Crippen molar-refractivity contribution in [2.45, 2.75) is 13.0 Å². The lowest BCUT2D eigenvalue weighted by Crippen LogP contribution is -2.50. The quantitative estimate of drug-likeness (QED) is 0.866. The molecule has 1 amide bonds. The Hall–Kier alpha value is -2.63. The summed E-state index contributed by atoms with van der Waals surface area (Å²) in [5.74, 6) is 1.59. The third-order valence-corrected chi connectivity index (χ3v) is 4.12. The summed E-state index contributed by atoms with van der Waals surface area (Å²) in [7, 11) is 1.64. The third-order valence-electron chi connectivity index (χ3n) is 4.12. The molecule has 6 heteroatoms. The Kier molecular flexibility index (Phi) is 4.41. The van der Waals surface area contributed by atoms with Crippen LogP contribution in [0.5, 0.6) is 5.75 Å². The molecule has 1 aromatic carbocycles. The predicted octanol–water partition coefficient (Wildman–Crippen LogP) is 1.90. The van der Waals surface area contributed by atoms with Gasteiger partial charge in [-0.1, -0.05) is 12.1 Å². The Morgan fingerprint density at radius 3 is 2.48 bits per heavy atom. The zero-order valence-electron chi connectivity index (χ0n) is 13.3. The first-order valence-corrected chi connectivity index (χ1v) is 7.62. The van der Waals surface area contributed by atoms with Crippen LogP contribution in [0.4, 0.5) is 5.95 Å². The monoisotopic (exact) mass is 312 g/mol. The van der Waals surface area contributed by atoms with Gasteiger partial charge in [-0.2, -0.15) is 0 Å². The number of hydrogen-bond donors (Lipinski definition) is 0. The molecule has 0 aliphatic carbocycles. The molecule has 1 fully saturated rings. The second-order valence-electron chi connectivity index (χ2n) is 5.50. The van der Waals surface area contributed by atoms with Crippen molar-refractivity contribution in [2.75, 3.05) is 31.6 Å². The maximum atomic E-state index is 12.0. The van der Waals surface area contributed by atoms with Gasteiger partial charge in [0.05, 0.1) is 13.2 Å². The van der Waals surface area contributed by atoms with Gasteiger partial charge in [0.2, 0.25) is 11.9 Å². The summed E-state index contributed by atoms with van der Waals surface area (Å²) < 4.78 is 5.21. The van der Waals surface area contributed by atoms with Crippen LogP contribution in [0.2, 0.25) is 0 Å². The Morgan fingerprint density at radius 2 is 1.87 bits per heavy atom. The first kappa shape index (κ1) is 15.3. The molecule has 1 saturated heterocycles. The van der Waals surface area contributed by atoms with Gasteiger partial charge in [0.25, 0.3) is 0 Å². The van der Waals surface area contributed by atoms with Gasteiger partial charge in [0.15, 0.2) is 0 Å². The molecule has 1 aliphatic heterocycles. The molecule has 1 atom stereocenters. The molecule has 0 unspecified atom stereocenters. The molecule has 0 saturated carbocycles. The van der Waals surface area contributed by atoms with Crippen molar-refractivity contribution in [2.24, 2.45) is 0 Å². The lowest BCUT2D eigenvalue weighted by molar-refractivity contribution is -0.131. The Bertz CT molecular complexity index is 660. The minimum Gasteiger partial charge on any atom is -0.497 e. The maximum Gasteiger partial charge on any atom is 0.225 e. The summed E-state index contributed by atoms with van der Waals surface area (Å²) in [6, 6.07) is 9.65. The van der Waals surface area contributed by atoms with Crippen molar-refractivity contribution in [3.63, 3.8) is 0 Å². The number of hydrogen-bond acceptors (Lipinski definition) is 5. The average molecular weight is 312 g/mol. The van der Waals surface area contributed by atoms with E-state index in [2.05, 4.69) is 14.9 Å². The number of methoxy groups -OCH3 is 1. The fourth-order valence-electron chi connectivity index (χ4n) is 2.91. The lowest BCUT2D eigenvalue weighted by Gasteiger charge is -2.41. The van der Waals surface area contributed by atoms with E-state index >= 15 is 0 Å². The van der Waals surface area contributed by atoms with Crippen LogP contribution < -0.4 is 9.64 Å². The van der Waals surface area contributed by atoms with E-state index in [4.69, 9.17) is 4.74 Å². The van der Waals surface area contributed by atoms with E-state index in [-0.39, 0.29) is 11.9 Å². The molecular formula is C17H20N4O2. The number of anilines is 1. The molecule has 1 aliphatic rings. The van der Waals surface area contributed by atoms with Crippen molar-refractivity contribution in [3.05, 3.63) is 48.3 Å². The number of carbonyl (C=O) groups is 1. The van der Waals surface area contributed by atoms with Crippen molar-refractivity contribution in [1.82, 2.24) is 14.9 Å². The van der Waals surface area contributed by atoms with Gasteiger partial charge in [-0.3, -0.25) is 4.79 Å². The minimum absolute atomic E-state index is 0.0176. The summed E-state index contributed by atoms with van der Waals surface area (Å²) in [6.45, 7) is 3.68. The highest BCUT2D eigenvalue weighted by atomic mass is 16.5. The van der Waals surface area contributed by atoms with Gasteiger partial charge >= 0.3 is 0 Å². The van der Waals surface area contributed by atoms with E-state index in [1.807, 2.05) is 29.2 Å². The highest BCUT2D eigenvalue weighted by Gasteiger charge is 2.30. The highest BCUT2D eigenvalue weighted by Crippen LogP contribution is 2.28. The average Bonchev–Trinajstić information content (AvgIpc) is 2.62. The Morgan fingerprint density at radius 1 is 1.17 bits per heavy atom. The van der Waals surface area contributed by atoms with Crippen LogP contribution in [0.25, 0.3) is 0 Å². The van der Waals surface area contributed by atoms with Crippen molar-refractivity contribution in [3.8, 4) is 5.75 Å². The molecule has 0 bridgehead atoms. The first-order valence-electron chi connectivity index (χ1n) is 7.62. The fraction of sp³-hybridized carbons (Fsp3) is 0.353. The molecule has 0 radical (unpaired) electrons. The number of benzene rings is 1. The molecule has 3 rings (SSSR count). The van der Waals surface area contributed by atoms with Crippen LogP contribution in [0.1, 0.15) is 18.5 Å². The van der Waals surface area contributed by atoms with E-state index in [1.54, 1.807) is 32.5 Å². The van der Waals surface area contributed by atoms with Gasteiger partial charge in [-0.15, -0.1) is 0 Å². The normalized spacial score (nSPS) is 17.9. The largest absolute Gasteiger partial charge is 0.497 e. The molecule has 120 valence electrons. The van der Waals surface area contributed by atoms with Crippen molar-refractivity contribution in [1.29, 1.82) is 0 Å². The molecule has 2 heterocycles. The molecule has 1 aromatic heterocycles. The highest BCUT2D eigenvalue weighted by molar-refractivity contribution is 5.74. The standard InChI is InChI=1S/C17H20N4O2/c1-13(22)21-11-10-20(17-18-8-3-9-19-17)12-16(21)14-4-6-15(23-2)7-5-14/h3-9,16H,10-12H2,1-2H3/t16-/m1/s1. The van der Waals surface area contributed by atoms with E-state index in [1.165, 1.54) is 0 Å². The van der Waals surface area contributed by atoms with E-state index < -0.39 is 0 Å². The van der Waals surface area contributed by atoms with Gasteiger partial charge in [-0.05, 0) is 23.8 Å². The summed E-state index contributed by atoms with van der Waals surface area (Å²) >= 11 is 0. The SMILES string of the molecule is COc1ccc([C@H]2CN(c3ncccn3)CCN2C(C)=O)cc1. The van der Waals surface area contributed by atoms with E-state index in [0.717, 1.165) is 17.9 Å². The number of ether oxygens (including phenoxy) is 1. The van der Waals surface area contributed by atoms with Crippen LogP contribution >= 0.6 is 0 Å². The molecule has 2 aromatic rings. The minimum atomic E-state index is -0.0176. The van der Waals surface area contributed by atoms with E-state index in [9.17, 15) is 4.79 Å². The number of aromatic nitrogens is 2. The lowest BCUT2D eigenvalue weighted by atomic mass is 10.0. The van der Waals surface area contributed by atoms with Crippen molar-refractivity contribution < 1.29 is 9.53 Å². The van der Waals surface area contributed by atoms with Crippen LogP contribution in [0, 0.1) is 0 Å². The summed E-state index contributed by atoms with van der Waals surface area (Å²) in [5.41, 5.74) is 1.08. The molecule has 0 N–H and O–H groups in total. The molecule has 0 spiro atoms. The van der Waals surface area contributed by atoms with Crippen LogP contribution in [0.3, 0.4) is 0 Å². The van der Waals surface area contributed by atoms with Gasteiger partial charge in [-0.25, -0.2) is 9.97 Å². The summed E-state index contributed by atoms with van der Waals surface area (Å²) in [5, 5.41) is 0. The predicted molar refractivity (Wildman–Crippen MR) is 87.4 cm³/mol. The smallest absolute Gasteiger partial charge is 0.225 e. The molecule has 6 nitrogen and oxygen atoms in total.